The van der Waals surface area contributed by atoms with Gasteiger partial charge in [0.1, 0.15) is 0 Å². The lowest BCUT2D eigenvalue weighted by atomic mass is 10.1. The number of carbonyl (C=O) groups excluding carboxylic acids is 2. The van der Waals surface area contributed by atoms with Gasteiger partial charge in [0, 0.05) is 44.7 Å². The van der Waals surface area contributed by atoms with Crippen molar-refractivity contribution in [3.05, 3.63) is 23.8 Å². The van der Waals surface area contributed by atoms with Crippen LogP contribution in [0.3, 0.4) is 0 Å². The maximum absolute atomic E-state index is 12.1. The summed E-state index contributed by atoms with van der Waals surface area (Å²) in [5.74, 6) is 0.225. The number of benzene rings is 1. The highest BCUT2D eigenvalue weighted by Crippen LogP contribution is 2.32. The van der Waals surface area contributed by atoms with Crippen molar-refractivity contribution in [1.82, 2.24) is 20.3 Å². The average molecular weight is 355 g/mol. The van der Waals surface area contributed by atoms with Crippen LogP contribution in [0.2, 0.25) is 0 Å². The van der Waals surface area contributed by atoms with Gasteiger partial charge in [0.25, 0.3) is 0 Å². The molecular weight excluding hydrogens is 334 g/mol. The highest BCUT2D eigenvalue weighted by atomic mass is 16.5. The normalized spacial score (nSPS) is 26.9. The fourth-order valence-electron chi connectivity index (χ4n) is 4.41. The summed E-state index contributed by atoms with van der Waals surface area (Å²) in [5.41, 5.74) is 1.83. The van der Waals surface area contributed by atoms with Crippen LogP contribution in [0.5, 0.6) is 0 Å². The van der Waals surface area contributed by atoms with Crippen molar-refractivity contribution in [3.8, 4) is 0 Å². The zero-order valence-corrected chi connectivity index (χ0v) is 14.6. The number of imide groups is 1. The van der Waals surface area contributed by atoms with E-state index >= 15 is 0 Å². The maximum atomic E-state index is 12.1. The lowest BCUT2D eigenvalue weighted by Gasteiger charge is -2.31. The minimum atomic E-state index is -0.443. The van der Waals surface area contributed by atoms with E-state index in [0.717, 1.165) is 25.0 Å². The second-order valence-electron chi connectivity index (χ2n) is 7.50. The van der Waals surface area contributed by atoms with Crippen molar-refractivity contribution >= 4 is 28.7 Å². The molecule has 5 rings (SSSR count). The quantitative estimate of drug-likeness (QED) is 0.890. The van der Waals surface area contributed by atoms with Crippen molar-refractivity contribution in [2.24, 2.45) is 0 Å². The van der Waals surface area contributed by atoms with Gasteiger partial charge in [-0.25, -0.2) is 4.79 Å². The van der Waals surface area contributed by atoms with E-state index in [1.807, 2.05) is 6.07 Å². The van der Waals surface area contributed by atoms with E-state index in [1.54, 1.807) is 0 Å². The Bertz CT molecular complexity index is 892. The Morgan fingerprint density at radius 1 is 1.27 bits per heavy atom. The van der Waals surface area contributed by atoms with Crippen LogP contribution in [0, 0.1) is 0 Å². The number of anilines is 1. The predicted molar refractivity (Wildman–Crippen MR) is 94.7 cm³/mol. The molecule has 0 spiro atoms. The van der Waals surface area contributed by atoms with Gasteiger partial charge in [-0.1, -0.05) is 11.2 Å². The van der Waals surface area contributed by atoms with Gasteiger partial charge in [0.2, 0.25) is 5.91 Å². The van der Waals surface area contributed by atoms with Crippen LogP contribution in [0.25, 0.3) is 11.0 Å². The Morgan fingerprint density at radius 3 is 2.88 bits per heavy atom. The van der Waals surface area contributed by atoms with Gasteiger partial charge in [-0.05, 0) is 31.2 Å². The lowest BCUT2D eigenvalue weighted by molar-refractivity contribution is -0.120. The molecule has 3 amide bonds. The molecule has 1 aromatic carbocycles. The van der Waals surface area contributed by atoms with Crippen LogP contribution >= 0.6 is 0 Å². The number of likely N-dealkylation sites (N-methyl/N-ethyl adjacent to an activating group) is 1. The summed E-state index contributed by atoms with van der Waals surface area (Å²) >= 11 is 0. The third-order valence-electron chi connectivity index (χ3n) is 5.84. The number of nitrogens with one attached hydrogen (secondary N) is 1. The van der Waals surface area contributed by atoms with Gasteiger partial charge in [0.15, 0.2) is 11.4 Å². The third kappa shape index (κ3) is 2.48. The van der Waals surface area contributed by atoms with E-state index in [2.05, 4.69) is 39.5 Å². The molecule has 3 fully saturated rings. The van der Waals surface area contributed by atoms with Crippen molar-refractivity contribution in [3.63, 3.8) is 0 Å². The first-order valence-electron chi connectivity index (χ1n) is 9.02. The SMILES string of the molecule is CN1C[C@H]2C[C@@H]1CN2Cc1ccc2onc(N3CCC(=O)NC3=O)c2c1. The molecular formula is C18H21N5O3. The molecule has 0 unspecified atom stereocenters. The number of amides is 3. The van der Waals surface area contributed by atoms with Crippen LogP contribution in [-0.4, -0.2) is 65.7 Å². The highest BCUT2D eigenvalue weighted by Gasteiger charge is 2.41. The first kappa shape index (κ1) is 15.8. The molecule has 0 saturated carbocycles. The van der Waals surface area contributed by atoms with E-state index in [-0.39, 0.29) is 12.3 Å². The van der Waals surface area contributed by atoms with E-state index in [4.69, 9.17) is 4.52 Å². The van der Waals surface area contributed by atoms with Crippen LogP contribution in [-0.2, 0) is 11.3 Å². The Morgan fingerprint density at radius 2 is 2.15 bits per heavy atom. The molecule has 2 bridgehead atoms. The fraction of sp³-hybridized carbons (Fsp3) is 0.500. The van der Waals surface area contributed by atoms with E-state index < -0.39 is 6.03 Å². The Labute approximate surface area is 150 Å². The van der Waals surface area contributed by atoms with Crippen LogP contribution < -0.4 is 10.2 Å². The number of fused-ring (bicyclic) bond motifs is 3. The molecule has 3 aliphatic heterocycles. The van der Waals surface area contributed by atoms with E-state index in [1.165, 1.54) is 16.9 Å². The van der Waals surface area contributed by atoms with Gasteiger partial charge in [0.05, 0.1) is 5.39 Å². The Kier molecular flexibility index (Phi) is 3.51. The number of rotatable bonds is 3. The van der Waals surface area contributed by atoms with E-state index in [9.17, 15) is 9.59 Å². The largest absolute Gasteiger partial charge is 0.354 e. The summed E-state index contributed by atoms with van der Waals surface area (Å²) in [5, 5.41) is 7.22. The number of carbonyl (C=O) groups is 2. The zero-order chi connectivity index (χ0) is 17.8. The molecule has 136 valence electrons. The van der Waals surface area contributed by atoms with Crippen LogP contribution in [0.1, 0.15) is 18.4 Å². The summed E-state index contributed by atoms with van der Waals surface area (Å²) in [6.07, 6.45) is 1.52. The molecule has 2 aromatic rings. The average Bonchev–Trinajstić information content (AvgIpc) is 3.29. The molecule has 1 aromatic heterocycles. The summed E-state index contributed by atoms with van der Waals surface area (Å²) in [4.78, 5) is 30.0. The summed E-state index contributed by atoms with van der Waals surface area (Å²) in [6.45, 7) is 3.44. The predicted octanol–water partition coefficient (Wildman–Crippen LogP) is 1.16. The molecule has 8 nitrogen and oxygen atoms in total. The van der Waals surface area contributed by atoms with Gasteiger partial charge in [-0.3, -0.25) is 19.9 Å². The lowest BCUT2D eigenvalue weighted by Crippen LogP contribution is -2.49. The number of aromatic nitrogens is 1. The standard InChI is InChI=1S/C18H21N5O3/c1-21-9-13-7-12(21)10-22(13)8-11-2-3-15-14(6-11)17(20-26-15)23-5-4-16(24)19-18(23)25/h2-3,6,12-13H,4-5,7-10H2,1H3,(H,19,24,25)/t12-,13-/m1/s1. The van der Waals surface area contributed by atoms with Gasteiger partial charge >= 0.3 is 6.03 Å². The number of urea groups is 1. The Hall–Kier alpha value is -2.45. The monoisotopic (exact) mass is 355 g/mol. The minimum Gasteiger partial charge on any atom is -0.354 e. The fourth-order valence-corrected chi connectivity index (χ4v) is 4.41. The summed E-state index contributed by atoms with van der Waals surface area (Å²) < 4.78 is 5.39. The topological polar surface area (TPSA) is 81.9 Å². The van der Waals surface area contributed by atoms with Crippen molar-refractivity contribution < 1.29 is 14.1 Å². The first-order chi connectivity index (χ1) is 12.6. The molecule has 1 N–H and O–H groups in total. The first-order valence-corrected chi connectivity index (χ1v) is 9.02. The number of hydrogen-bond acceptors (Lipinski definition) is 6. The third-order valence-corrected chi connectivity index (χ3v) is 5.84. The smallest absolute Gasteiger partial charge is 0.329 e. The number of piperazine rings is 1. The van der Waals surface area contributed by atoms with Crippen LogP contribution in [0.4, 0.5) is 10.6 Å². The minimum absolute atomic E-state index is 0.256. The van der Waals surface area contributed by atoms with Gasteiger partial charge in [-0.15, -0.1) is 0 Å². The van der Waals surface area contributed by atoms with Gasteiger partial charge < -0.3 is 9.42 Å². The molecule has 3 aliphatic rings. The molecule has 26 heavy (non-hydrogen) atoms. The number of likely N-dealkylation sites (tertiary alicyclic amines) is 2. The van der Waals surface area contributed by atoms with Crippen LogP contribution in [0.15, 0.2) is 22.7 Å². The highest BCUT2D eigenvalue weighted by molar-refractivity contribution is 6.08. The molecule has 8 heteroatoms. The molecule has 0 radical (unpaired) electrons. The Balaban J connectivity index is 1.41. The van der Waals surface area contributed by atoms with Crippen molar-refractivity contribution in [1.29, 1.82) is 0 Å². The van der Waals surface area contributed by atoms with E-state index in [0.29, 0.717) is 30.0 Å². The van der Waals surface area contributed by atoms with Crippen molar-refractivity contribution in [2.45, 2.75) is 31.5 Å². The molecule has 2 atom stereocenters. The second-order valence-corrected chi connectivity index (χ2v) is 7.50. The molecule has 4 heterocycles. The number of nitrogens with zero attached hydrogens (tertiary/aromatic N) is 4. The molecule has 0 aliphatic carbocycles. The van der Waals surface area contributed by atoms with Gasteiger partial charge in [-0.2, -0.15) is 0 Å². The summed E-state index contributed by atoms with van der Waals surface area (Å²) in [7, 11) is 2.20. The maximum Gasteiger partial charge on any atom is 0.329 e. The molecule has 3 saturated heterocycles. The summed E-state index contributed by atoms with van der Waals surface area (Å²) in [6, 6.07) is 6.88. The van der Waals surface area contributed by atoms with Crippen molar-refractivity contribution in [2.75, 3.05) is 31.6 Å². The zero-order valence-electron chi connectivity index (χ0n) is 14.6. The second kappa shape index (κ2) is 5.78. The number of hydrogen-bond donors (Lipinski definition) is 1.